The number of carbonyl (C=O) groups excluding carboxylic acids is 3. The van der Waals surface area contributed by atoms with Crippen molar-refractivity contribution < 1.29 is 23.9 Å². The van der Waals surface area contributed by atoms with Crippen molar-refractivity contribution in [2.24, 2.45) is 0 Å². The maximum atomic E-state index is 13.4. The third kappa shape index (κ3) is 6.34. The first-order valence-corrected chi connectivity index (χ1v) is 13.3. The van der Waals surface area contributed by atoms with Crippen molar-refractivity contribution in [3.05, 3.63) is 71.4 Å². The maximum absolute atomic E-state index is 13.4. The zero-order chi connectivity index (χ0) is 27.9. The normalized spacial score (nSPS) is 19.9. The molecule has 2 aliphatic rings. The standard InChI is InChI=1S/C29H37N5O5/c1-5-33-24(19-32-15-16-34(20(3)18-32)28(36)30-22-12-8-7-9-13-22)25(27(35)39-6-2)26(31-29(33)37)21-11-10-14-23(17-21)38-4/h7-14,17,20,26H,5-6,15-16,18-19H2,1-4H3,(H,30,36)(H,31,37)/t20-,26+/m0/s1. The molecule has 2 aromatic rings. The number of anilines is 1. The summed E-state index contributed by atoms with van der Waals surface area (Å²) in [5.74, 6) is 0.163. The van der Waals surface area contributed by atoms with Crippen molar-refractivity contribution in [2.45, 2.75) is 32.9 Å². The molecule has 0 bridgehead atoms. The average molecular weight is 536 g/mol. The van der Waals surface area contributed by atoms with Gasteiger partial charge in [0.2, 0.25) is 0 Å². The average Bonchev–Trinajstić information content (AvgIpc) is 2.93. The van der Waals surface area contributed by atoms with Crippen LogP contribution in [-0.4, -0.2) is 85.2 Å². The zero-order valence-electron chi connectivity index (χ0n) is 23.0. The highest BCUT2D eigenvalue weighted by Crippen LogP contribution is 2.33. The molecule has 2 N–H and O–H groups in total. The van der Waals surface area contributed by atoms with Gasteiger partial charge in [-0.3, -0.25) is 9.80 Å². The van der Waals surface area contributed by atoms with Gasteiger partial charge in [0.05, 0.1) is 25.3 Å². The van der Waals surface area contributed by atoms with Gasteiger partial charge < -0.3 is 25.0 Å². The van der Waals surface area contributed by atoms with Crippen LogP contribution in [0, 0.1) is 0 Å². The van der Waals surface area contributed by atoms with E-state index in [1.54, 1.807) is 18.9 Å². The third-order valence-electron chi connectivity index (χ3n) is 7.05. The van der Waals surface area contributed by atoms with Crippen LogP contribution >= 0.6 is 0 Å². The van der Waals surface area contributed by atoms with E-state index in [9.17, 15) is 14.4 Å². The zero-order valence-corrected chi connectivity index (χ0v) is 23.0. The Morgan fingerprint density at radius 2 is 1.85 bits per heavy atom. The Morgan fingerprint density at radius 3 is 2.51 bits per heavy atom. The highest BCUT2D eigenvalue weighted by molar-refractivity contribution is 5.95. The smallest absolute Gasteiger partial charge is 0.338 e. The van der Waals surface area contributed by atoms with Crippen molar-refractivity contribution in [3.63, 3.8) is 0 Å². The number of para-hydroxylation sites is 1. The monoisotopic (exact) mass is 535 g/mol. The molecule has 0 aromatic heterocycles. The first-order chi connectivity index (χ1) is 18.9. The van der Waals surface area contributed by atoms with Gasteiger partial charge in [-0.1, -0.05) is 30.3 Å². The van der Waals surface area contributed by atoms with Gasteiger partial charge in [0.25, 0.3) is 0 Å². The van der Waals surface area contributed by atoms with E-state index >= 15 is 0 Å². The Labute approximate surface area is 229 Å². The molecule has 0 aliphatic carbocycles. The van der Waals surface area contributed by atoms with E-state index in [1.165, 1.54) is 0 Å². The second-order valence-electron chi connectivity index (χ2n) is 9.56. The van der Waals surface area contributed by atoms with Crippen LogP contribution in [0.4, 0.5) is 15.3 Å². The van der Waals surface area contributed by atoms with Crippen LogP contribution < -0.4 is 15.4 Å². The Bertz CT molecular complexity index is 1220. The number of esters is 1. The lowest BCUT2D eigenvalue weighted by Gasteiger charge is -2.42. The quantitative estimate of drug-likeness (QED) is 0.498. The van der Waals surface area contributed by atoms with Gasteiger partial charge in [0, 0.05) is 50.2 Å². The molecule has 0 saturated carbocycles. The minimum Gasteiger partial charge on any atom is -0.497 e. The van der Waals surface area contributed by atoms with Gasteiger partial charge in [-0.25, -0.2) is 14.4 Å². The van der Waals surface area contributed by atoms with Gasteiger partial charge in [0.1, 0.15) is 5.75 Å². The molecule has 4 amide bonds. The fraction of sp³-hybridized carbons (Fsp3) is 0.414. The number of likely N-dealkylation sites (N-methyl/N-ethyl adjacent to an activating group) is 1. The van der Waals surface area contributed by atoms with Crippen molar-refractivity contribution in [1.29, 1.82) is 0 Å². The number of methoxy groups -OCH3 is 1. The minimum absolute atomic E-state index is 0.0734. The molecule has 4 rings (SSSR count). The van der Waals surface area contributed by atoms with Gasteiger partial charge in [-0.05, 0) is 50.6 Å². The Morgan fingerprint density at radius 1 is 1.08 bits per heavy atom. The molecule has 1 fully saturated rings. The molecule has 2 heterocycles. The summed E-state index contributed by atoms with van der Waals surface area (Å²) in [5.41, 5.74) is 2.50. The number of hydrogen-bond acceptors (Lipinski definition) is 6. The van der Waals surface area contributed by atoms with Crippen LogP contribution in [0.25, 0.3) is 0 Å². The fourth-order valence-corrected chi connectivity index (χ4v) is 5.14. The van der Waals surface area contributed by atoms with E-state index < -0.39 is 12.0 Å². The lowest BCUT2D eigenvalue weighted by atomic mass is 9.93. The van der Waals surface area contributed by atoms with Crippen molar-refractivity contribution in [2.75, 3.05) is 51.8 Å². The summed E-state index contributed by atoms with van der Waals surface area (Å²) in [6.45, 7) is 8.31. The largest absolute Gasteiger partial charge is 0.497 e. The number of ether oxygens (including phenoxy) is 2. The second kappa shape index (κ2) is 12.7. The SMILES string of the molecule is CCOC(=O)C1=C(CN2CCN(C(=O)Nc3ccccc3)[C@@H](C)C2)N(CC)C(=O)N[C@@H]1c1cccc(OC)c1. The number of nitrogens with one attached hydrogen (secondary N) is 2. The van der Waals surface area contributed by atoms with Crippen molar-refractivity contribution >= 4 is 23.7 Å². The predicted octanol–water partition coefficient (Wildman–Crippen LogP) is 3.84. The molecule has 1 saturated heterocycles. The van der Waals surface area contributed by atoms with Crippen LogP contribution in [0.1, 0.15) is 32.4 Å². The summed E-state index contributed by atoms with van der Waals surface area (Å²) in [6, 6.07) is 15.5. The Balaban J connectivity index is 1.60. The van der Waals surface area contributed by atoms with Crippen LogP contribution in [-0.2, 0) is 9.53 Å². The number of hydrogen-bond donors (Lipinski definition) is 2. The summed E-state index contributed by atoms with van der Waals surface area (Å²) in [7, 11) is 1.58. The predicted molar refractivity (Wildman–Crippen MR) is 148 cm³/mol. The Kier molecular flexibility index (Phi) is 9.08. The Hall–Kier alpha value is -4.05. The molecule has 2 atom stereocenters. The van der Waals surface area contributed by atoms with Crippen molar-refractivity contribution in [1.82, 2.24) is 20.0 Å². The number of carbonyl (C=O) groups is 3. The summed E-state index contributed by atoms with van der Waals surface area (Å²) in [5, 5.41) is 5.94. The van der Waals surface area contributed by atoms with Gasteiger partial charge >= 0.3 is 18.0 Å². The van der Waals surface area contributed by atoms with Crippen LogP contribution in [0.3, 0.4) is 0 Å². The number of urea groups is 2. The van der Waals surface area contributed by atoms with E-state index in [4.69, 9.17) is 9.47 Å². The van der Waals surface area contributed by atoms with Crippen LogP contribution in [0.15, 0.2) is 65.9 Å². The van der Waals surface area contributed by atoms with Crippen molar-refractivity contribution in [3.8, 4) is 5.75 Å². The van der Waals surface area contributed by atoms with Gasteiger partial charge in [-0.15, -0.1) is 0 Å². The number of amides is 4. The van der Waals surface area contributed by atoms with E-state index in [1.807, 2.05) is 73.3 Å². The van der Waals surface area contributed by atoms with E-state index in [0.717, 1.165) is 11.3 Å². The van der Waals surface area contributed by atoms with Crippen LogP contribution in [0.5, 0.6) is 5.75 Å². The van der Waals surface area contributed by atoms with E-state index in [0.29, 0.717) is 49.7 Å². The summed E-state index contributed by atoms with van der Waals surface area (Å²) >= 11 is 0. The lowest BCUT2D eigenvalue weighted by Crippen LogP contribution is -2.57. The number of nitrogens with zero attached hydrogens (tertiary/aromatic N) is 3. The van der Waals surface area contributed by atoms with E-state index in [-0.39, 0.29) is 24.7 Å². The molecular formula is C29H37N5O5. The molecule has 39 heavy (non-hydrogen) atoms. The summed E-state index contributed by atoms with van der Waals surface area (Å²) in [6.07, 6.45) is 0. The molecule has 10 nitrogen and oxygen atoms in total. The summed E-state index contributed by atoms with van der Waals surface area (Å²) in [4.78, 5) is 45.1. The second-order valence-corrected chi connectivity index (χ2v) is 9.56. The lowest BCUT2D eigenvalue weighted by molar-refractivity contribution is -0.139. The highest BCUT2D eigenvalue weighted by atomic mass is 16.5. The molecule has 0 spiro atoms. The molecule has 10 heteroatoms. The molecule has 0 radical (unpaired) electrons. The molecule has 2 aromatic carbocycles. The molecular weight excluding hydrogens is 498 g/mol. The molecule has 2 aliphatic heterocycles. The topological polar surface area (TPSA) is 103 Å². The third-order valence-corrected chi connectivity index (χ3v) is 7.05. The van der Waals surface area contributed by atoms with Crippen LogP contribution in [0.2, 0.25) is 0 Å². The molecule has 0 unspecified atom stereocenters. The minimum atomic E-state index is -0.681. The number of benzene rings is 2. The maximum Gasteiger partial charge on any atom is 0.338 e. The number of rotatable bonds is 8. The molecule has 208 valence electrons. The first kappa shape index (κ1) is 28.0. The fourth-order valence-electron chi connectivity index (χ4n) is 5.14. The van der Waals surface area contributed by atoms with Gasteiger partial charge in [-0.2, -0.15) is 0 Å². The summed E-state index contributed by atoms with van der Waals surface area (Å²) < 4.78 is 10.9. The van der Waals surface area contributed by atoms with E-state index in [2.05, 4.69) is 15.5 Å². The highest BCUT2D eigenvalue weighted by Gasteiger charge is 2.39. The first-order valence-electron chi connectivity index (χ1n) is 13.3. The number of piperazine rings is 1. The van der Waals surface area contributed by atoms with Gasteiger partial charge in [0.15, 0.2) is 0 Å².